The molecule has 0 amide bonds. The lowest BCUT2D eigenvalue weighted by Gasteiger charge is -2.15. The largest absolute Gasteiger partial charge is 0.0654 e. The second-order valence-corrected chi connectivity index (χ2v) is 6.99. The summed E-state index contributed by atoms with van der Waals surface area (Å²) in [7, 11) is 0. The van der Waals surface area contributed by atoms with E-state index in [2.05, 4.69) is 64.1 Å². The molecule has 0 fully saturated rings. The molecule has 0 saturated heterocycles. The van der Waals surface area contributed by atoms with Crippen LogP contribution >= 0.6 is 0 Å². The van der Waals surface area contributed by atoms with E-state index in [4.69, 9.17) is 0 Å². The van der Waals surface area contributed by atoms with Gasteiger partial charge in [0.1, 0.15) is 0 Å². The standard InChI is InChI=1S/C23H28/c1-5-7-8-18-14-20-10-9-19(6-2)23(22(20)15-18)21-12-16(3)11-17(4)13-21/h9-13,15H,5-8,14H2,1-4H3. The van der Waals surface area contributed by atoms with Crippen molar-refractivity contribution in [3.8, 4) is 11.1 Å². The van der Waals surface area contributed by atoms with Gasteiger partial charge in [0.25, 0.3) is 0 Å². The average Bonchev–Trinajstić information content (AvgIpc) is 2.93. The van der Waals surface area contributed by atoms with Crippen LogP contribution in [0.15, 0.2) is 35.9 Å². The first-order valence-corrected chi connectivity index (χ1v) is 9.05. The van der Waals surface area contributed by atoms with Gasteiger partial charge in [0.2, 0.25) is 0 Å². The van der Waals surface area contributed by atoms with Crippen molar-refractivity contribution in [2.75, 3.05) is 0 Å². The molecular weight excluding hydrogens is 276 g/mol. The predicted molar refractivity (Wildman–Crippen MR) is 102 cm³/mol. The summed E-state index contributed by atoms with van der Waals surface area (Å²) in [4.78, 5) is 0. The van der Waals surface area contributed by atoms with Gasteiger partial charge in [0, 0.05) is 0 Å². The summed E-state index contributed by atoms with van der Waals surface area (Å²) in [6.07, 6.45) is 8.55. The number of hydrogen-bond acceptors (Lipinski definition) is 0. The van der Waals surface area contributed by atoms with Crippen LogP contribution in [0.3, 0.4) is 0 Å². The maximum absolute atomic E-state index is 2.48. The zero-order valence-corrected chi connectivity index (χ0v) is 15.0. The van der Waals surface area contributed by atoms with E-state index in [-0.39, 0.29) is 0 Å². The molecule has 0 spiro atoms. The molecule has 3 rings (SSSR count). The Bertz CT molecular complexity index is 727. The maximum atomic E-state index is 2.48. The minimum atomic E-state index is 1.09. The fourth-order valence-electron chi connectivity index (χ4n) is 3.85. The van der Waals surface area contributed by atoms with Gasteiger partial charge in [0.15, 0.2) is 0 Å². The summed E-state index contributed by atoms with van der Waals surface area (Å²) in [5, 5.41) is 0. The molecule has 2 aromatic carbocycles. The Kier molecular flexibility index (Phi) is 4.71. The van der Waals surface area contributed by atoms with E-state index in [1.165, 1.54) is 58.2 Å². The second kappa shape index (κ2) is 6.74. The molecule has 0 nitrogen and oxygen atoms in total. The number of hydrogen-bond donors (Lipinski definition) is 0. The Balaban J connectivity index is 2.13. The molecule has 0 bridgehead atoms. The number of unbranched alkanes of at least 4 members (excludes halogenated alkanes) is 1. The zero-order chi connectivity index (χ0) is 16.4. The number of rotatable bonds is 5. The van der Waals surface area contributed by atoms with Crippen molar-refractivity contribution in [3.63, 3.8) is 0 Å². The molecule has 0 heteroatoms. The van der Waals surface area contributed by atoms with Crippen molar-refractivity contribution in [2.45, 2.75) is 59.8 Å². The lowest BCUT2D eigenvalue weighted by atomic mass is 9.89. The van der Waals surface area contributed by atoms with E-state index in [0.717, 1.165) is 12.8 Å². The summed E-state index contributed by atoms with van der Waals surface area (Å²) < 4.78 is 0. The molecule has 1 aliphatic carbocycles. The fourth-order valence-corrected chi connectivity index (χ4v) is 3.85. The quantitative estimate of drug-likeness (QED) is 0.579. The second-order valence-electron chi connectivity index (χ2n) is 6.99. The molecule has 120 valence electrons. The van der Waals surface area contributed by atoms with E-state index >= 15 is 0 Å². The molecular formula is C23H28. The van der Waals surface area contributed by atoms with Crippen LogP contribution in [0, 0.1) is 13.8 Å². The summed E-state index contributed by atoms with van der Waals surface area (Å²) in [6.45, 7) is 8.95. The molecule has 0 N–H and O–H groups in total. The van der Waals surface area contributed by atoms with Gasteiger partial charge in [-0.25, -0.2) is 0 Å². The van der Waals surface area contributed by atoms with E-state index in [1.54, 1.807) is 5.57 Å². The average molecular weight is 304 g/mol. The highest BCUT2D eigenvalue weighted by atomic mass is 14.2. The number of allylic oxidation sites excluding steroid dienone is 1. The van der Waals surface area contributed by atoms with Crippen LogP contribution in [0.25, 0.3) is 17.2 Å². The molecule has 0 heterocycles. The van der Waals surface area contributed by atoms with Crippen LogP contribution in [-0.4, -0.2) is 0 Å². The smallest absolute Gasteiger partial charge is 0.00576 e. The van der Waals surface area contributed by atoms with Crippen molar-refractivity contribution in [1.82, 2.24) is 0 Å². The molecule has 0 radical (unpaired) electrons. The van der Waals surface area contributed by atoms with E-state index in [9.17, 15) is 0 Å². The monoisotopic (exact) mass is 304 g/mol. The van der Waals surface area contributed by atoms with Crippen LogP contribution in [0.5, 0.6) is 0 Å². The number of aryl methyl sites for hydroxylation is 3. The molecule has 1 aliphatic rings. The normalized spacial score (nSPS) is 13.1. The Morgan fingerprint density at radius 3 is 2.35 bits per heavy atom. The Morgan fingerprint density at radius 2 is 1.70 bits per heavy atom. The van der Waals surface area contributed by atoms with Crippen molar-refractivity contribution >= 4 is 6.08 Å². The van der Waals surface area contributed by atoms with Crippen molar-refractivity contribution in [2.24, 2.45) is 0 Å². The van der Waals surface area contributed by atoms with E-state index < -0.39 is 0 Å². The third-order valence-corrected chi connectivity index (χ3v) is 4.93. The molecule has 2 aromatic rings. The maximum Gasteiger partial charge on any atom is -0.00576 e. The van der Waals surface area contributed by atoms with E-state index in [0.29, 0.717) is 0 Å². The van der Waals surface area contributed by atoms with Crippen molar-refractivity contribution in [3.05, 3.63) is 63.7 Å². The first kappa shape index (κ1) is 16.1. The van der Waals surface area contributed by atoms with Gasteiger partial charge in [-0.1, -0.05) is 73.4 Å². The predicted octanol–water partition coefficient (Wildman–Crippen LogP) is 6.66. The first-order chi connectivity index (χ1) is 11.1. The van der Waals surface area contributed by atoms with Gasteiger partial charge in [-0.15, -0.1) is 0 Å². The lowest BCUT2D eigenvalue weighted by molar-refractivity contribution is 0.779. The van der Waals surface area contributed by atoms with Crippen LogP contribution in [0.1, 0.15) is 60.9 Å². The van der Waals surface area contributed by atoms with Gasteiger partial charge in [-0.05, 0) is 67.3 Å². The minimum Gasteiger partial charge on any atom is -0.0654 e. The first-order valence-electron chi connectivity index (χ1n) is 9.05. The fraction of sp³-hybridized carbons (Fsp3) is 0.391. The Labute approximate surface area is 141 Å². The summed E-state index contributed by atoms with van der Waals surface area (Å²) >= 11 is 0. The summed E-state index contributed by atoms with van der Waals surface area (Å²) in [5.74, 6) is 0. The third-order valence-electron chi connectivity index (χ3n) is 4.93. The highest BCUT2D eigenvalue weighted by Gasteiger charge is 2.19. The Morgan fingerprint density at radius 1 is 0.957 bits per heavy atom. The van der Waals surface area contributed by atoms with Crippen LogP contribution < -0.4 is 0 Å². The molecule has 0 aliphatic heterocycles. The molecule has 0 atom stereocenters. The molecule has 0 aromatic heterocycles. The Hall–Kier alpha value is -1.82. The SMILES string of the molecule is CCCCC1=Cc2c(ccc(CC)c2-c2cc(C)cc(C)c2)C1. The number of benzene rings is 2. The molecule has 0 unspecified atom stereocenters. The van der Waals surface area contributed by atoms with Crippen molar-refractivity contribution < 1.29 is 0 Å². The third kappa shape index (κ3) is 3.27. The van der Waals surface area contributed by atoms with Crippen LogP contribution in [0.4, 0.5) is 0 Å². The van der Waals surface area contributed by atoms with Gasteiger partial charge in [0.05, 0.1) is 0 Å². The highest BCUT2D eigenvalue weighted by Crippen LogP contribution is 2.38. The zero-order valence-electron chi connectivity index (χ0n) is 15.0. The van der Waals surface area contributed by atoms with Crippen molar-refractivity contribution in [1.29, 1.82) is 0 Å². The summed E-state index contributed by atoms with van der Waals surface area (Å²) in [5.41, 5.74) is 11.7. The van der Waals surface area contributed by atoms with Crippen LogP contribution in [0.2, 0.25) is 0 Å². The lowest BCUT2D eigenvalue weighted by Crippen LogP contribution is -1.95. The summed E-state index contributed by atoms with van der Waals surface area (Å²) in [6, 6.07) is 11.7. The van der Waals surface area contributed by atoms with Gasteiger partial charge in [-0.3, -0.25) is 0 Å². The highest BCUT2D eigenvalue weighted by molar-refractivity contribution is 5.83. The van der Waals surface area contributed by atoms with E-state index in [1.807, 2.05) is 0 Å². The molecule has 23 heavy (non-hydrogen) atoms. The van der Waals surface area contributed by atoms with Gasteiger partial charge < -0.3 is 0 Å². The van der Waals surface area contributed by atoms with Crippen LogP contribution in [-0.2, 0) is 12.8 Å². The number of fused-ring (bicyclic) bond motifs is 1. The minimum absolute atomic E-state index is 1.09. The van der Waals surface area contributed by atoms with Gasteiger partial charge >= 0.3 is 0 Å². The topological polar surface area (TPSA) is 0 Å². The van der Waals surface area contributed by atoms with Gasteiger partial charge in [-0.2, -0.15) is 0 Å². The molecule has 0 saturated carbocycles.